The van der Waals surface area contributed by atoms with E-state index in [2.05, 4.69) is 44.0 Å². The topological polar surface area (TPSA) is 43.8 Å². The van der Waals surface area contributed by atoms with Crippen molar-refractivity contribution in [3.63, 3.8) is 0 Å². The van der Waals surface area contributed by atoms with Crippen LogP contribution < -0.4 is 0 Å². The second-order valence-corrected chi connectivity index (χ2v) is 8.40. The standard InChI is InChI=1S/C26H34N2O2/c1-6-28(7-2)26(30)21-13-11-20(12-14-21)25(22-9-8-10-23(29)16-22)24-15-19(4)27(5)17-18(24)3/h8-14,16,19,25,29H,6-7,15,17H2,1-5H3/t19-,25+/m1/s1. The van der Waals surface area contributed by atoms with E-state index in [1.54, 1.807) is 6.07 Å². The van der Waals surface area contributed by atoms with Crippen molar-refractivity contribution in [2.75, 3.05) is 26.7 Å². The van der Waals surface area contributed by atoms with E-state index in [9.17, 15) is 9.90 Å². The molecule has 0 unspecified atom stereocenters. The van der Waals surface area contributed by atoms with Gasteiger partial charge in [0.2, 0.25) is 0 Å². The van der Waals surface area contributed by atoms with E-state index in [4.69, 9.17) is 0 Å². The number of rotatable bonds is 6. The van der Waals surface area contributed by atoms with E-state index in [-0.39, 0.29) is 17.6 Å². The number of hydrogen-bond acceptors (Lipinski definition) is 3. The summed E-state index contributed by atoms with van der Waals surface area (Å²) >= 11 is 0. The highest BCUT2D eigenvalue weighted by atomic mass is 16.3. The van der Waals surface area contributed by atoms with Crippen LogP contribution in [0.3, 0.4) is 0 Å². The highest BCUT2D eigenvalue weighted by Crippen LogP contribution is 2.39. The van der Waals surface area contributed by atoms with E-state index in [0.717, 1.165) is 29.7 Å². The van der Waals surface area contributed by atoms with Crippen LogP contribution in [0.15, 0.2) is 59.7 Å². The van der Waals surface area contributed by atoms with Crippen LogP contribution in [0.2, 0.25) is 0 Å². The number of aromatic hydroxyl groups is 1. The Labute approximate surface area is 180 Å². The van der Waals surface area contributed by atoms with Gasteiger partial charge in [-0.2, -0.15) is 0 Å². The molecule has 0 bridgehead atoms. The average Bonchev–Trinajstić information content (AvgIpc) is 2.73. The van der Waals surface area contributed by atoms with Crippen LogP contribution in [0.1, 0.15) is 61.5 Å². The maximum atomic E-state index is 12.7. The molecule has 1 amide bonds. The van der Waals surface area contributed by atoms with Gasteiger partial charge in [0, 0.05) is 37.2 Å². The molecule has 0 aromatic heterocycles. The summed E-state index contributed by atoms with van der Waals surface area (Å²) in [6.07, 6.45) is 0.989. The molecule has 0 aliphatic carbocycles. The van der Waals surface area contributed by atoms with Gasteiger partial charge in [-0.25, -0.2) is 0 Å². The monoisotopic (exact) mass is 406 g/mol. The number of likely N-dealkylation sites (N-methyl/N-ethyl adjacent to an activating group) is 1. The Morgan fingerprint density at radius 2 is 1.80 bits per heavy atom. The first-order valence-electron chi connectivity index (χ1n) is 10.9. The number of nitrogens with zero attached hydrogens (tertiary/aromatic N) is 2. The molecule has 0 saturated carbocycles. The van der Waals surface area contributed by atoms with Gasteiger partial charge in [0.15, 0.2) is 0 Å². The van der Waals surface area contributed by atoms with Gasteiger partial charge in [-0.05, 0) is 76.6 Å². The quantitative estimate of drug-likeness (QED) is 0.683. The lowest BCUT2D eigenvalue weighted by Crippen LogP contribution is -2.36. The Balaban J connectivity index is 2.03. The molecular weight excluding hydrogens is 372 g/mol. The first kappa shape index (κ1) is 22.1. The summed E-state index contributed by atoms with van der Waals surface area (Å²) in [5, 5.41) is 10.1. The maximum absolute atomic E-state index is 12.7. The SMILES string of the molecule is CCN(CC)C(=O)c1ccc([C@H](C2=C(C)CN(C)[C@H](C)C2)c2cccc(O)c2)cc1. The molecule has 30 heavy (non-hydrogen) atoms. The summed E-state index contributed by atoms with van der Waals surface area (Å²) < 4.78 is 0. The van der Waals surface area contributed by atoms with E-state index in [1.165, 1.54) is 11.1 Å². The normalized spacial score (nSPS) is 18.4. The highest BCUT2D eigenvalue weighted by Gasteiger charge is 2.28. The van der Waals surface area contributed by atoms with Crippen LogP contribution >= 0.6 is 0 Å². The molecule has 2 atom stereocenters. The van der Waals surface area contributed by atoms with Crippen LogP contribution in [-0.2, 0) is 0 Å². The largest absolute Gasteiger partial charge is 0.508 e. The zero-order valence-electron chi connectivity index (χ0n) is 18.9. The van der Waals surface area contributed by atoms with Crippen LogP contribution in [-0.4, -0.2) is 53.5 Å². The molecule has 160 valence electrons. The summed E-state index contributed by atoms with van der Waals surface area (Å²) in [7, 11) is 2.17. The average molecular weight is 407 g/mol. The maximum Gasteiger partial charge on any atom is 0.253 e. The van der Waals surface area contributed by atoms with Crippen molar-refractivity contribution in [1.29, 1.82) is 0 Å². The van der Waals surface area contributed by atoms with Crippen molar-refractivity contribution in [2.24, 2.45) is 0 Å². The summed E-state index contributed by atoms with van der Waals surface area (Å²) in [4.78, 5) is 16.9. The van der Waals surface area contributed by atoms with Crippen LogP contribution in [0, 0.1) is 0 Å². The first-order valence-corrected chi connectivity index (χ1v) is 10.9. The zero-order chi connectivity index (χ0) is 21.8. The second kappa shape index (κ2) is 9.48. The Bertz CT molecular complexity index is 913. The fraction of sp³-hybridized carbons (Fsp3) is 0.423. The smallest absolute Gasteiger partial charge is 0.253 e. The van der Waals surface area contributed by atoms with Gasteiger partial charge in [-0.15, -0.1) is 0 Å². The Morgan fingerprint density at radius 1 is 1.13 bits per heavy atom. The molecule has 4 nitrogen and oxygen atoms in total. The predicted molar refractivity (Wildman–Crippen MR) is 123 cm³/mol. The fourth-order valence-corrected chi connectivity index (χ4v) is 4.45. The Hall–Kier alpha value is -2.59. The molecule has 3 rings (SSSR count). The van der Waals surface area contributed by atoms with Crippen molar-refractivity contribution < 1.29 is 9.90 Å². The lowest BCUT2D eigenvalue weighted by Gasteiger charge is -2.36. The highest BCUT2D eigenvalue weighted by molar-refractivity contribution is 5.94. The van der Waals surface area contributed by atoms with Crippen LogP contribution in [0.5, 0.6) is 5.75 Å². The van der Waals surface area contributed by atoms with Crippen LogP contribution in [0.4, 0.5) is 0 Å². The second-order valence-electron chi connectivity index (χ2n) is 8.40. The number of amides is 1. The summed E-state index contributed by atoms with van der Waals surface area (Å²) in [6.45, 7) is 10.9. The third-order valence-corrected chi connectivity index (χ3v) is 6.40. The summed E-state index contributed by atoms with van der Waals surface area (Å²) in [6, 6.07) is 16.1. The van der Waals surface area contributed by atoms with E-state index in [1.807, 2.05) is 43.0 Å². The number of benzene rings is 2. The van der Waals surface area contributed by atoms with Crippen molar-refractivity contribution in [3.05, 3.63) is 76.4 Å². The number of carbonyl (C=O) groups is 1. The number of phenolic OH excluding ortho intramolecular Hbond substituents is 1. The lowest BCUT2D eigenvalue weighted by atomic mass is 9.78. The van der Waals surface area contributed by atoms with Gasteiger partial charge in [-0.3, -0.25) is 9.69 Å². The minimum Gasteiger partial charge on any atom is -0.508 e. The van der Waals surface area contributed by atoms with E-state index in [0.29, 0.717) is 19.1 Å². The molecule has 2 aromatic carbocycles. The molecule has 0 saturated heterocycles. The minimum absolute atomic E-state index is 0.0729. The molecule has 1 heterocycles. The van der Waals surface area contributed by atoms with Gasteiger partial charge in [0.25, 0.3) is 5.91 Å². The third-order valence-electron chi connectivity index (χ3n) is 6.40. The minimum atomic E-state index is 0.0729. The number of carbonyl (C=O) groups excluding carboxylic acids is 1. The van der Waals surface area contributed by atoms with E-state index < -0.39 is 0 Å². The van der Waals surface area contributed by atoms with Gasteiger partial charge >= 0.3 is 0 Å². The molecule has 0 radical (unpaired) electrons. The molecule has 1 aliphatic heterocycles. The number of hydrogen-bond donors (Lipinski definition) is 1. The summed E-state index contributed by atoms with van der Waals surface area (Å²) in [5.41, 5.74) is 5.76. The lowest BCUT2D eigenvalue weighted by molar-refractivity contribution is 0.0773. The predicted octanol–water partition coefficient (Wildman–Crippen LogP) is 5.05. The molecule has 0 fully saturated rings. The zero-order valence-corrected chi connectivity index (χ0v) is 18.9. The molecule has 2 aromatic rings. The fourth-order valence-electron chi connectivity index (χ4n) is 4.45. The molecular formula is C26H34N2O2. The van der Waals surface area contributed by atoms with Crippen LogP contribution in [0.25, 0.3) is 0 Å². The Kier molecular flexibility index (Phi) is 6.99. The molecule has 1 N–H and O–H groups in total. The van der Waals surface area contributed by atoms with Gasteiger partial charge in [0.1, 0.15) is 5.75 Å². The Morgan fingerprint density at radius 3 is 2.40 bits per heavy atom. The molecule has 1 aliphatic rings. The first-order chi connectivity index (χ1) is 14.3. The molecule has 4 heteroatoms. The van der Waals surface area contributed by atoms with Crippen molar-refractivity contribution >= 4 is 5.91 Å². The summed E-state index contributed by atoms with van der Waals surface area (Å²) in [5.74, 6) is 0.430. The van der Waals surface area contributed by atoms with E-state index >= 15 is 0 Å². The van der Waals surface area contributed by atoms with Crippen molar-refractivity contribution in [2.45, 2.75) is 46.1 Å². The van der Waals surface area contributed by atoms with Crippen molar-refractivity contribution in [1.82, 2.24) is 9.80 Å². The van der Waals surface area contributed by atoms with Gasteiger partial charge in [-0.1, -0.05) is 35.4 Å². The third kappa shape index (κ3) is 4.59. The van der Waals surface area contributed by atoms with Crippen molar-refractivity contribution in [3.8, 4) is 5.75 Å². The number of phenols is 1. The van der Waals surface area contributed by atoms with Gasteiger partial charge < -0.3 is 10.0 Å². The molecule has 0 spiro atoms. The van der Waals surface area contributed by atoms with Gasteiger partial charge in [0.05, 0.1) is 0 Å².